The monoisotopic (exact) mass is 347 g/mol. The number of carbonyl (C=O) groups is 2. The summed E-state index contributed by atoms with van der Waals surface area (Å²) < 4.78 is 10.1. The Bertz CT molecular complexity index is 730. The lowest BCUT2D eigenvalue weighted by molar-refractivity contribution is 0.0698. The zero-order valence-corrected chi connectivity index (χ0v) is 14.1. The third kappa shape index (κ3) is 4.66. The SMILES string of the molecule is COc1ccc(CSC(=O)Nc2cc(OC)ccc2C(=O)O)cc1. The van der Waals surface area contributed by atoms with Crippen LogP contribution in [-0.2, 0) is 5.75 Å². The zero-order chi connectivity index (χ0) is 17.5. The molecule has 0 radical (unpaired) electrons. The number of ether oxygens (including phenoxy) is 2. The number of hydrogen-bond donors (Lipinski definition) is 2. The summed E-state index contributed by atoms with van der Waals surface area (Å²) in [4.78, 5) is 23.3. The number of carbonyl (C=O) groups excluding carboxylic acids is 1. The smallest absolute Gasteiger partial charge is 0.337 e. The molecule has 0 aliphatic carbocycles. The van der Waals surface area contributed by atoms with Crippen molar-refractivity contribution in [2.75, 3.05) is 19.5 Å². The first-order chi connectivity index (χ1) is 11.5. The number of rotatable bonds is 6. The third-order valence-electron chi connectivity index (χ3n) is 3.22. The third-order valence-corrected chi connectivity index (χ3v) is 4.06. The van der Waals surface area contributed by atoms with Gasteiger partial charge in [0.05, 0.1) is 25.5 Å². The molecule has 2 N–H and O–H groups in total. The Balaban J connectivity index is 2.02. The number of hydrogen-bond acceptors (Lipinski definition) is 5. The van der Waals surface area contributed by atoms with E-state index in [9.17, 15) is 14.7 Å². The molecular weight excluding hydrogens is 330 g/mol. The number of benzene rings is 2. The van der Waals surface area contributed by atoms with E-state index in [2.05, 4.69) is 5.32 Å². The van der Waals surface area contributed by atoms with Gasteiger partial charge in [-0.2, -0.15) is 0 Å². The molecule has 2 rings (SSSR count). The molecule has 0 aliphatic heterocycles. The second-order valence-electron chi connectivity index (χ2n) is 4.77. The molecule has 126 valence electrons. The average Bonchev–Trinajstić information content (AvgIpc) is 2.60. The van der Waals surface area contributed by atoms with Crippen LogP contribution in [0.3, 0.4) is 0 Å². The van der Waals surface area contributed by atoms with E-state index >= 15 is 0 Å². The summed E-state index contributed by atoms with van der Waals surface area (Å²) in [5.74, 6) is 0.557. The van der Waals surface area contributed by atoms with E-state index in [-0.39, 0.29) is 16.5 Å². The Labute approximate surface area is 143 Å². The molecule has 0 unspecified atom stereocenters. The number of methoxy groups -OCH3 is 2. The minimum Gasteiger partial charge on any atom is -0.497 e. The first-order valence-corrected chi connectivity index (χ1v) is 8.00. The fraction of sp³-hybridized carbons (Fsp3) is 0.176. The topological polar surface area (TPSA) is 84.9 Å². The minimum atomic E-state index is -1.12. The summed E-state index contributed by atoms with van der Waals surface area (Å²) in [6, 6.07) is 11.8. The maximum Gasteiger partial charge on any atom is 0.337 e. The molecule has 0 heterocycles. The first kappa shape index (κ1) is 17.7. The zero-order valence-electron chi connectivity index (χ0n) is 13.2. The van der Waals surface area contributed by atoms with Crippen molar-refractivity contribution >= 4 is 28.7 Å². The van der Waals surface area contributed by atoms with Crippen LogP contribution in [0.15, 0.2) is 42.5 Å². The van der Waals surface area contributed by atoms with Gasteiger partial charge in [-0.25, -0.2) is 4.79 Å². The van der Waals surface area contributed by atoms with Gasteiger partial charge >= 0.3 is 5.97 Å². The first-order valence-electron chi connectivity index (χ1n) is 7.01. The summed E-state index contributed by atoms with van der Waals surface area (Å²) in [6.45, 7) is 0. The van der Waals surface area contributed by atoms with Crippen molar-refractivity contribution < 1.29 is 24.2 Å². The highest BCUT2D eigenvalue weighted by Gasteiger charge is 2.14. The van der Waals surface area contributed by atoms with Crippen molar-refractivity contribution in [2.45, 2.75) is 5.75 Å². The molecule has 24 heavy (non-hydrogen) atoms. The van der Waals surface area contributed by atoms with Crippen LogP contribution in [0.4, 0.5) is 10.5 Å². The van der Waals surface area contributed by atoms with Crippen LogP contribution in [0.1, 0.15) is 15.9 Å². The summed E-state index contributed by atoms with van der Waals surface area (Å²) >= 11 is 1.05. The van der Waals surface area contributed by atoms with Crippen LogP contribution < -0.4 is 14.8 Å². The minimum absolute atomic E-state index is 0.00852. The Kier molecular flexibility index (Phi) is 6.08. The maximum absolute atomic E-state index is 12.1. The molecule has 6 nitrogen and oxygen atoms in total. The number of amides is 1. The van der Waals surface area contributed by atoms with E-state index in [4.69, 9.17) is 9.47 Å². The lowest BCUT2D eigenvalue weighted by atomic mass is 10.1. The van der Waals surface area contributed by atoms with E-state index < -0.39 is 5.97 Å². The van der Waals surface area contributed by atoms with Gasteiger partial charge in [0.25, 0.3) is 5.24 Å². The quantitative estimate of drug-likeness (QED) is 0.825. The Hall–Kier alpha value is -2.67. The number of anilines is 1. The van der Waals surface area contributed by atoms with E-state index in [0.717, 1.165) is 23.1 Å². The van der Waals surface area contributed by atoms with E-state index in [0.29, 0.717) is 11.5 Å². The van der Waals surface area contributed by atoms with Crippen molar-refractivity contribution in [3.8, 4) is 11.5 Å². The van der Waals surface area contributed by atoms with Crippen molar-refractivity contribution in [1.82, 2.24) is 0 Å². The molecule has 0 aliphatic rings. The van der Waals surface area contributed by atoms with Crippen LogP contribution >= 0.6 is 11.8 Å². The molecule has 7 heteroatoms. The molecule has 2 aromatic rings. The molecule has 0 saturated heterocycles. The Morgan fingerprint density at radius 2 is 1.67 bits per heavy atom. The highest BCUT2D eigenvalue weighted by Crippen LogP contribution is 2.25. The van der Waals surface area contributed by atoms with Gasteiger partial charge in [0.2, 0.25) is 0 Å². The molecule has 0 atom stereocenters. The molecule has 0 saturated carbocycles. The van der Waals surface area contributed by atoms with E-state index in [1.54, 1.807) is 7.11 Å². The fourth-order valence-corrected chi connectivity index (χ4v) is 2.63. The molecular formula is C17H17NO5S. The molecule has 0 spiro atoms. The fourth-order valence-electron chi connectivity index (χ4n) is 1.96. The van der Waals surface area contributed by atoms with Gasteiger partial charge in [0.1, 0.15) is 11.5 Å². The summed E-state index contributed by atoms with van der Waals surface area (Å²) in [6.07, 6.45) is 0. The number of carboxylic acids is 1. The lowest BCUT2D eigenvalue weighted by Gasteiger charge is -2.10. The number of carboxylic acid groups (broad SMARTS) is 1. The maximum atomic E-state index is 12.1. The van der Waals surface area contributed by atoms with Crippen molar-refractivity contribution in [3.05, 3.63) is 53.6 Å². The highest BCUT2D eigenvalue weighted by atomic mass is 32.2. The van der Waals surface area contributed by atoms with Gasteiger partial charge in [0, 0.05) is 11.8 Å². The molecule has 2 aromatic carbocycles. The van der Waals surface area contributed by atoms with Crippen LogP contribution in [0.5, 0.6) is 11.5 Å². The Morgan fingerprint density at radius 3 is 2.25 bits per heavy atom. The molecule has 0 bridgehead atoms. The van der Waals surface area contributed by atoms with E-state index in [1.807, 2.05) is 24.3 Å². The Morgan fingerprint density at radius 1 is 1.04 bits per heavy atom. The van der Waals surface area contributed by atoms with Gasteiger partial charge in [-0.15, -0.1) is 0 Å². The number of thioether (sulfide) groups is 1. The molecule has 0 fully saturated rings. The number of aromatic carboxylic acids is 1. The largest absolute Gasteiger partial charge is 0.497 e. The van der Waals surface area contributed by atoms with Crippen LogP contribution in [0, 0.1) is 0 Å². The predicted molar refractivity (Wildman–Crippen MR) is 93.3 cm³/mol. The number of nitrogens with one attached hydrogen (secondary N) is 1. The van der Waals surface area contributed by atoms with Crippen LogP contribution in [-0.4, -0.2) is 30.5 Å². The normalized spacial score (nSPS) is 10.1. The molecule has 1 amide bonds. The lowest BCUT2D eigenvalue weighted by Crippen LogP contribution is -2.10. The summed E-state index contributed by atoms with van der Waals surface area (Å²) in [5, 5.41) is 11.4. The van der Waals surface area contributed by atoms with Gasteiger partial charge in [-0.1, -0.05) is 23.9 Å². The van der Waals surface area contributed by atoms with Gasteiger partial charge in [-0.05, 0) is 29.8 Å². The van der Waals surface area contributed by atoms with Crippen molar-refractivity contribution in [2.24, 2.45) is 0 Å². The molecule has 0 aromatic heterocycles. The van der Waals surface area contributed by atoms with E-state index in [1.165, 1.54) is 25.3 Å². The summed E-state index contributed by atoms with van der Waals surface area (Å²) in [5.41, 5.74) is 1.17. The van der Waals surface area contributed by atoms with Gasteiger partial charge in [-0.3, -0.25) is 4.79 Å². The predicted octanol–water partition coefficient (Wildman–Crippen LogP) is 3.87. The summed E-state index contributed by atoms with van der Waals surface area (Å²) in [7, 11) is 3.06. The van der Waals surface area contributed by atoms with Gasteiger partial charge < -0.3 is 19.9 Å². The van der Waals surface area contributed by atoms with Crippen LogP contribution in [0.2, 0.25) is 0 Å². The second kappa shape index (κ2) is 8.26. The van der Waals surface area contributed by atoms with Crippen LogP contribution in [0.25, 0.3) is 0 Å². The highest BCUT2D eigenvalue weighted by molar-refractivity contribution is 8.13. The van der Waals surface area contributed by atoms with Crippen molar-refractivity contribution in [3.63, 3.8) is 0 Å². The van der Waals surface area contributed by atoms with Gasteiger partial charge in [0.15, 0.2) is 0 Å². The standard InChI is InChI=1S/C17H17NO5S/c1-22-12-5-3-11(4-6-12)10-24-17(21)18-15-9-13(23-2)7-8-14(15)16(19)20/h3-9H,10H2,1-2H3,(H,18,21)(H,19,20). The average molecular weight is 347 g/mol. The van der Waals surface area contributed by atoms with Crippen molar-refractivity contribution in [1.29, 1.82) is 0 Å². The second-order valence-corrected chi connectivity index (χ2v) is 5.71.